The maximum absolute atomic E-state index is 10.1. The van der Waals surface area contributed by atoms with Gasteiger partial charge in [0.05, 0.1) is 13.2 Å². The van der Waals surface area contributed by atoms with Gasteiger partial charge in [0.2, 0.25) is 0 Å². The summed E-state index contributed by atoms with van der Waals surface area (Å²) in [5.41, 5.74) is 0.763. The standard InChI is InChI=1S/C11H16N2O2/c1-15-10-4-6-12-7-8(10)11(14)9-3-2-5-13-9/h4,6-7,9,11,13-14H,2-3,5H2,1H3/t9-,11?/m1/s1. The SMILES string of the molecule is COc1ccncc1C(O)[C@H]1CCCN1. The molecule has 2 rings (SSSR count). The van der Waals surface area contributed by atoms with Crippen LogP contribution >= 0.6 is 0 Å². The Morgan fingerprint density at radius 3 is 3.20 bits per heavy atom. The molecule has 0 radical (unpaired) electrons. The van der Waals surface area contributed by atoms with Gasteiger partial charge >= 0.3 is 0 Å². The van der Waals surface area contributed by atoms with Gasteiger partial charge in [-0.15, -0.1) is 0 Å². The fourth-order valence-electron chi connectivity index (χ4n) is 2.00. The van der Waals surface area contributed by atoms with E-state index in [1.165, 1.54) is 0 Å². The molecule has 2 N–H and O–H groups in total. The van der Waals surface area contributed by atoms with Crippen molar-refractivity contribution in [3.8, 4) is 5.75 Å². The maximum Gasteiger partial charge on any atom is 0.127 e. The predicted molar refractivity (Wildman–Crippen MR) is 56.8 cm³/mol. The topological polar surface area (TPSA) is 54.4 Å². The van der Waals surface area contributed by atoms with Gasteiger partial charge in [0, 0.05) is 24.0 Å². The first-order chi connectivity index (χ1) is 7.33. The third-order valence-corrected chi connectivity index (χ3v) is 2.83. The number of methoxy groups -OCH3 is 1. The Labute approximate surface area is 89.3 Å². The molecular weight excluding hydrogens is 192 g/mol. The van der Waals surface area contributed by atoms with Crippen LogP contribution in [0.4, 0.5) is 0 Å². The zero-order valence-electron chi connectivity index (χ0n) is 8.81. The van der Waals surface area contributed by atoms with E-state index < -0.39 is 6.10 Å². The largest absolute Gasteiger partial charge is 0.496 e. The van der Waals surface area contributed by atoms with Gasteiger partial charge in [-0.05, 0) is 25.5 Å². The Kier molecular flexibility index (Phi) is 3.18. The van der Waals surface area contributed by atoms with Crippen LogP contribution in [0.2, 0.25) is 0 Å². The molecule has 15 heavy (non-hydrogen) atoms. The predicted octanol–water partition coefficient (Wildman–Crippen LogP) is 0.876. The van der Waals surface area contributed by atoms with Gasteiger partial charge in [-0.1, -0.05) is 0 Å². The Morgan fingerprint density at radius 2 is 2.53 bits per heavy atom. The molecule has 0 bridgehead atoms. The molecule has 1 aliphatic heterocycles. The van der Waals surface area contributed by atoms with Crippen molar-refractivity contribution in [2.45, 2.75) is 25.0 Å². The van der Waals surface area contributed by atoms with Crippen LogP contribution in [0, 0.1) is 0 Å². The lowest BCUT2D eigenvalue weighted by Crippen LogP contribution is -2.29. The zero-order chi connectivity index (χ0) is 10.7. The zero-order valence-corrected chi connectivity index (χ0v) is 8.81. The molecule has 4 nitrogen and oxygen atoms in total. The summed E-state index contributed by atoms with van der Waals surface area (Å²) in [7, 11) is 1.60. The van der Waals surface area contributed by atoms with E-state index in [1.54, 1.807) is 25.6 Å². The average Bonchev–Trinajstić information content (AvgIpc) is 2.81. The van der Waals surface area contributed by atoms with E-state index in [-0.39, 0.29) is 6.04 Å². The van der Waals surface area contributed by atoms with E-state index in [1.807, 2.05) is 0 Å². The fourth-order valence-corrected chi connectivity index (χ4v) is 2.00. The van der Waals surface area contributed by atoms with Crippen LogP contribution in [0.25, 0.3) is 0 Å². The van der Waals surface area contributed by atoms with Gasteiger partial charge in [0.1, 0.15) is 5.75 Å². The lowest BCUT2D eigenvalue weighted by Gasteiger charge is -2.20. The van der Waals surface area contributed by atoms with Crippen LogP contribution in [0.15, 0.2) is 18.5 Å². The van der Waals surface area contributed by atoms with Crippen molar-refractivity contribution in [1.82, 2.24) is 10.3 Å². The van der Waals surface area contributed by atoms with Crippen molar-refractivity contribution in [3.05, 3.63) is 24.0 Å². The van der Waals surface area contributed by atoms with Gasteiger partial charge < -0.3 is 15.2 Å². The fraction of sp³-hybridized carbons (Fsp3) is 0.545. The lowest BCUT2D eigenvalue weighted by molar-refractivity contribution is 0.133. The highest BCUT2D eigenvalue weighted by Gasteiger charge is 2.26. The van der Waals surface area contributed by atoms with Crippen LogP contribution in [0.1, 0.15) is 24.5 Å². The van der Waals surface area contributed by atoms with Crippen LogP contribution < -0.4 is 10.1 Å². The van der Waals surface area contributed by atoms with E-state index in [0.717, 1.165) is 24.9 Å². The molecule has 4 heteroatoms. The maximum atomic E-state index is 10.1. The number of hydrogen-bond acceptors (Lipinski definition) is 4. The normalized spacial score (nSPS) is 22.7. The molecule has 1 aromatic heterocycles. The van der Waals surface area contributed by atoms with Gasteiger partial charge in [-0.2, -0.15) is 0 Å². The minimum absolute atomic E-state index is 0.128. The van der Waals surface area contributed by atoms with Crippen LogP contribution in [0.3, 0.4) is 0 Å². The number of aromatic nitrogens is 1. The van der Waals surface area contributed by atoms with E-state index in [9.17, 15) is 5.11 Å². The monoisotopic (exact) mass is 208 g/mol. The Bertz CT molecular complexity index is 324. The number of rotatable bonds is 3. The Morgan fingerprint density at radius 1 is 1.67 bits per heavy atom. The van der Waals surface area contributed by atoms with Crippen molar-refractivity contribution < 1.29 is 9.84 Å². The third-order valence-electron chi connectivity index (χ3n) is 2.83. The average molecular weight is 208 g/mol. The van der Waals surface area contributed by atoms with E-state index in [2.05, 4.69) is 10.3 Å². The molecule has 2 heterocycles. The number of ether oxygens (including phenoxy) is 1. The molecule has 0 aliphatic carbocycles. The third kappa shape index (κ3) is 2.11. The number of aliphatic hydroxyl groups is 1. The van der Waals surface area contributed by atoms with Crippen molar-refractivity contribution in [2.75, 3.05) is 13.7 Å². The number of nitrogens with one attached hydrogen (secondary N) is 1. The second kappa shape index (κ2) is 4.59. The number of aliphatic hydroxyl groups excluding tert-OH is 1. The number of nitrogens with zero attached hydrogens (tertiary/aromatic N) is 1. The molecule has 1 saturated heterocycles. The van der Waals surface area contributed by atoms with E-state index >= 15 is 0 Å². The Hall–Kier alpha value is -1.13. The van der Waals surface area contributed by atoms with E-state index in [4.69, 9.17) is 4.74 Å². The summed E-state index contributed by atoms with van der Waals surface area (Å²) >= 11 is 0. The second-order valence-corrected chi connectivity index (χ2v) is 3.77. The molecule has 0 saturated carbocycles. The summed E-state index contributed by atoms with van der Waals surface area (Å²) in [6.07, 6.45) is 4.92. The van der Waals surface area contributed by atoms with Crippen LogP contribution in [0.5, 0.6) is 5.75 Å². The summed E-state index contributed by atoms with van der Waals surface area (Å²) in [6, 6.07) is 1.90. The lowest BCUT2D eigenvalue weighted by atomic mass is 10.0. The second-order valence-electron chi connectivity index (χ2n) is 3.77. The van der Waals surface area contributed by atoms with Gasteiger partial charge in [-0.3, -0.25) is 4.98 Å². The molecule has 1 aromatic rings. The highest BCUT2D eigenvalue weighted by Crippen LogP contribution is 2.28. The molecule has 0 aromatic carbocycles. The first-order valence-corrected chi connectivity index (χ1v) is 5.22. The first kappa shape index (κ1) is 10.4. The summed E-state index contributed by atoms with van der Waals surface area (Å²) in [6.45, 7) is 0.976. The van der Waals surface area contributed by atoms with Gasteiger partial charge in [0.15, 0.2) is 0 Å². The molecule has 2 atom stereocenters. The molecular formula is C11H16N2O2. The highest BCUT2D eigenvalue weighted by atomic mass is 16.5. The summed E-state index contributed by atoms with van der Waals surface area (Å²) in [5.74, 6) is 0.700. The molecule has 1 fully saturated rings. The molecule has 0 spiro atoms. The van der Waals surface area contributed by atoms with Crippen molar-refractivity contribution in [2.24, 2.45) is 0 Å². The summed E-state index contributed by atoms with van der Waals surface area (Å²) in [4.78, 5) is 4.02. The minimum Gasteiger partial charge on any atom is -0.496 e. The van der Waals surface area contributed by atoms with Crippen molar-refractivity contribution in [1.29, 1.82) is 0 Å². The van der Waals surface area contributed by atoms with E-state index in [0.29, 0.717) is 5.75 Å². The number of hydrogen-bond donors (Lipinski definition) is 2. The van der Waals surface area contributed by atoms with Gasteiger partial charge in [-0.25, -0.2) is 0 Å². The smallest absolute Gasteiger partial charge is 0.127 e. The summed E-state index contributed by atoms with van der Waals surface area (Å²) in [5, 5.41) is 13.4. The van der Waals surface area contributed by atoms with Crippen molar-refractivity contribution in [3.63, 3.8) is 0 Å². The highest BCUT2D eigenvalue weighted by molar-refractivity contribution is 5.32. The van der Waals surface area contributed by atoms with Crippen LogP contribution in [-0.2, 0) is 0 Å². The molecule has 0 amide bonds. The Balaban J connectivity index is 2.19. The quantitative estimate of drug-likeness (QED) is 0.774. The molecule has 1 unspecified atom stereocenters. The van der Waals surface area contributed by atoms with Crippen molar-refractivity contribution >= 4 is 0 Å². The minimum atomic E-state index is -0.531. The summed E-state index contributed by atoms with van der Waals surface area (Å²) < 4.78 is 5.20. The van der Waals surface area contributed by atoms with Gasteiger partial charge in [0.25, 0.3) is 0 Å². The first-order valence-electron chi connectivity index (χ1n) is 5.22. The number of pyridine rings is 1. The van der Waals surface area contributed by atoms with Crippen LogP contribution in [-0.4, -0.2) is 29.8 Å². The molecule has 82 valence electrons. The molecule has 1 aliphatic rings.